The Morgan fingerprint density at radius 3 is 2.77 bits per heavy atom. The van der Waals surface area contributed by atoms with Crippen LogP contribution in [0.2, 0.25) is 5.02 Å². The van der Waals surface area contributed by atoms with Gasteiger partial charge in [-0.3, -0.25) is 25.3 Å². The fraction of sp³-hybridized carbons (Fsp3) is 0.286. The molecule has 3 N–H and O–H groups in total. The number of nitrogens with one attached hydrogen (secondary N) is 3. The van der Waals surface area contributed by atoms with Gasteiger partial charge in [-0.25, -0.2) is 4.79 Å². The second kappa shape index (κ2) is 9.98. The summed E-state index contributed by atoms with van der Waals surface area (Å²) in [5.74, 6) is -0.0626. The monoisotopic (exact) mass is 430 g/mol. The van der Waals surface area contributed by atoms with Crippen LogP contribution in [-0.4, -0.2) is 37.5 Å². The number of urea groups is 1. The Morgan fingerprint density at radius 2 is 2.03 bits per heavy atom. The van der Waals surface area contributed by atoms with Gasteiger partial charge in [0.25, 0.3) is 5.91 Å². The lowest BCUT2D eigenvalue weighted by molar-refractivity contribution is -0.122. The SMILES string of the molecule is Cc1cc(Cl)ccc1OCCCC(=O)NNC(=O)c1cccc(N2CCNC2=O)c1. The maximum atomic E-state index is 12.3. The van der Waals surface area contributed by atoms with Gasteiger partial charge in [0, 0.05) is 35.8 Å². The second-order valence-electron chi connectivity index (χ2n) is 6.80. The molecule has 30 heavy (non-hydrogen) atoms. The number of hydrogen-bond donors (Lipinski definition) is 3. The smallest absolute Gasteiger partial charge is 0.321 e. The van der Waals surface area contributed by atoms with Crippen LogP contribution >= 0.6 is 11.6 Å². The van der Waals surface area contributed by atoms with Gasteiger partial charge < -0.3 is 10.1 Å². The molecule has 9 heteroatoms. The minimum absolute atomic E-state index is 0.195. The van der Waals surface area contributed by atoms with Crippen LogP contribution in [0.25, 0.3) is 0 Å². The number of benzene rings is 2. The van der Waals surface area contributed by atoms with E-state index in [1.807, 2.05) is 13.0 Å². The summed E-state index contributed by atoms with van der Waals surface area (Å²) in [7, 11) is 0. The number of ether oxygens (including phenoxy) is 1. The zero-order valence-corrected chi connectivity index (χ0v) is 17.3. The lowest BCUT2D eigenvalue weighted by Crippen LogP contribution is -2.41. The Labute approximate surface area is 179 Å². The molecule has 1 fully saturated rings. The number of rotatable bonds is 7. The van der Waals surface area contributed by atoms with Gasteiger partial charge in [0.2, 0.25) is 5.91 Å². The summed E-state index contributed by atoms with van der Waals surface area (Å²) in [5, 5.41) is 3.35. The number of aryl methyl sites for hydroxylation is 1. The van der Waals surface area contributed by atoms with Crippen LogP contribution in [0.1, 0.15) is 28.8 Å². The zero-order chi connectivity index (χ0) is 21.5. The van der Waals surface area contributed by atoms with Gasteiger partial charge in [-0.15, -0.1) is 0 Å². The Balaban J connectivity index is 1.41. The molecule has 0 atom stereocenters. The van der Waals surface area contributed by atoms with E-state index in [0.717, 1.165) is 11.3 Å². The van der Waals surface area contributed by atoms with Crippen molar-refractivity contribution in [3.63, 3.8) is 0 Å². The normalized spacial score (nSPS) is 13.0. The van der Waals surface area contributed by atoms with Crippen LogP contribution in [0.4, 0.5) is 10.5 Å². The molecule has 0 spiro atoms. The summed E-state index contributed by atoms with van der Waals surface area (Å²) in [5.41, 5.74) is 6.67. The quantitative estimate of drug-likeness (QED) is 0.464. The molecule has 8 nitrogen and oxygen atoms in total. The fourth-order valence-electron chi connectivity index (χ4n) is 2.98. The second-order valence-corrected chi connectivity index (χ2v) is 7.23. The standard InChI is InChI=1S/C21H23ClN4O4/c1-14-12-16(22)7-8-18(14)30-11-3-6-19(27)24-25-20(28)15-4-2-5-17(13-15)26-10-9-23-21(26)29/h2,4-5,7-8,12-13H,3,6,9-11H2,1H3,(H,23,29)(H,24,27)(H,25,28). The average molecular weight is 431 g/mol. The third-order valence-electron chi connectivity index (χ3n) is 4.53. The first-order valence-corrected chi connectivity index (χ1v) is 9.95. The molecule has 0 radical (unpaired) electrons. The molecule has 158 valence electrons. The first kappa shape index (κ1) is 21.4. The highest BCUT2D eigenvalue weighted by atomic mass is 35.5. The van der Waals surface area contributed by atoms with Crippen LogP contribution in [0, 0.1) is 6.92 Å². The molecule has 1 aliphatic rings. The summed E-state index contributed by atoms with van der Waals surface area (Å²) in [6.07, 6.45) is 0.685. The zero-order valence-electron chi connectivity index (χ0n) is 16.5. The van der Waals surface area contributed by atoms with Crippen molar-refractivity contribution in [3.05, 3.63) is 58.6 Å². The summed E-state index contributed by atoms with van der Waals surface area (Å²) in [6, 6.07) is 11.8. The number of nitrogens with zero attached hydrogens (tertiary/aromatic N) is 1. The minimum atomic E-state index is -0.460. The molecule has 4 amide bonds. The van der Waals surface area contributed by atoms with Gasteiger partial charge in [-0.2, -0.15) is 0 Å². The van der Waals surface area contributed by atoms with Crippen LogP contribution in [0.15, 0.2) is 42.5 Å². The highest BCUT2D eigenvalue weighted by Crippen LogP contribution is 2.22. The van der Waals surface area contributed by atoms with E-state index < -0.39 is 5.91 Å². The predicted octanol–water partition coefficient (Wildman–Crippen LogP) is 2.80. The summed E-state index contributed by atoms with van der Waals surface area (Å²) in [4.78, 5) is 37.6. The van der Waals surface area contributed by atoms with E-state index >= 15 is 0 Å². The Hall–Kier alpha value is -3.26. The van der Waals surface area contributed by atoms with Crippen molar-refractivity contribution >= 4 is 35.1 Å². The largest absolute Gasteiger partial charge is 0.493 e. The Bertz CT molecular complexity index is 950. The number of hydrogen-bond acceptors (Lipinski definition) is 4. The van der Waals surface area contributed by atoms with Crippen LogP contribution < -0.4 is 25.8 Å². The molecular formula is C21H23ClN4O4. The van der Waals surface area contributed by atoms with Crippen molar-refractivity contribution in [1.29, 1.82) is 0 Å². The van der Waals surface area contributed by atoms with Gasteiger partial charge >= 0.3 is 6.03 Å². The highest BCUT2D eigenvalue weighted by Gasteiger charge is 2.21. The molecule has 1 saturated heterocycles. The first-order valence-electron chi connectivity index (χ1n) is 9.57. The molecule has 0 saturated carbocycles. The van der Waals surface area contributed by atoms with Gasteiger partial charge in [-0.1, -0.05) is 17.7 Å². The molecule has 0 unspecified atom stereocenters. The van der Waals surface area contributed by atoms with E-state index in [1.54, 1.807) is 41.3 Å². The number of carbonyl (C=O) groups is 3. The van der Waals surface area contributed by atoms with Crippen molar-refractivity contribution in [2.24, 2.45) is 0 Å². The Morgan fingerprint density at radius 1 is 1.20 bits per heavy atom. The highest BCUT2D eigenvalue weighted by molar-refractivity contribution is 6.30. The van der Waals surface area contributed by atoms with Gasteiger partial charge in [0.1, 0.15) is 5.75 Å². The van der Waals surface area contributed by atoms with E-state index in [1.165, 1.54) is 0 Å². The molecule has 0 aromatic heterocycles. The molecule has 0 aliphatic carbocycles. The number of hydrazine groups is 1. The molecule has 2 aromatic carbocycles. The van der Waals surface area contributed by atoms with E-state index in [2.05, 4.69) is 16.2 Å². The topological polar surface area (TPSA) is 99.8 Å². The van der Waals surface area contributed by atoms with Crippen molar-refractivity contribution in [3.8, 4) is 5.75 Å². The number of halogens is 1. The maximum absolute atomic E-state index is 12.3. The maximum Gasteiger partial charge on any atom is 0.321 e. The number of carbonyl (C=O) groups excluding carboxylic acids is 3. The van der Waals surface area contributed by atoms with E-state index in [-0.39, 0.29) is 18.4 Å². The van der Waals surface area contributed by atoms with Gasteiger partial charge in [0.05, 0.1) is 6.61 Å². The summed E-state index contributed by atoms with van der Waals surface area (Å²) < 4.78 is 5.64. The van der Waals surface area contributed by atoms with Crippen molar-refractivity contribution in [1.82, 2.24) is 16.2 Å². The third kappa shape index (κ3) is 5.64. The molecule has 3 rings (SSSR count). The minimum Gasteiger partial charge on any atom is -0.493 e. The van der Waals surface area contributed by atoms with Crippen LogP contribution in [0.5, 0.6) is 5.75 Å². The number of amides is 4. The van der Waals surface area contributed by atoms with Gasteiger partial charge in [-0.05, 0) is 55.3 Å². The summed E-state index contributed by atoms with van der Waals surface area (Å²) >= 11 is 5.91. The lowest BCUT2D eigenvalue weighted by atomic mass is 10.2. The fourth-order valence-corrected chi connectivity index (χ4v) is 3.21. The van der Waals surface area contributed by atoms with Crippen molar-refractivity contribution in [2.45, 2.75) is 19.8 Å². The predicted molar refractivity (Wildman–Crippen MR) is 114 cm³/mol. The molecule has 2 aromatic rings. The molecule has 1 aliphatic heterocycles. The molecule has 1 heterocycles. The van der Waals surface area contributed by atoms with Crippen LogP contribution in [0.3, 0.4) is 0 Å². The van der Waals surface area contributed by atoms with Crippen LogP contribution in [-0.2, 0) is 4.79 Å². The molecule has 0 bridgehead atoms. The first-order chi connectivity index (χ1) is 14.4. The number of anilines is 1. The van der Waals surface area contributed by atoms with Gasteiger partial charge in [0.15, 0.2) is 0 Å². The third-order valence-corrected chi connectivity index (χ3v) is 4.77. The summed E-state index contributed by atoms with van der Waals surface area (Å²) in [6.45, 7) is 3.36. The van der Waals surface area contributed by atoms with E-state index in [0.29, 0.717) is 42.4 Å². The van der Waals surface area contributed by atoms with Crippen molar-refractivity contribution < 1.29 is 19.1 Å². The molecular weight excluding hydrogens is 408 g/mol. The van der Waals surface area contributed by atoms with Crippen molar-refractivity contribution in [2.75, 3.05) is 24.6 Å². The van der Waals surface area contributed by atoms with E-state index in [4.69, 9.17) is 16.3 Å². The lowest BCUT2D eigenvalue weighted by Gasteiger charge is -2.15. The Kier molecular flexibility index (Phi) is 7.13. The van der Waals surface area contributed by atoms with E-state index in [9.17, 15) is 14.4 Å². The average Bonchev–Trinajstić information content (AvgIpc) is 3.16.